The fourth-order valence-electron chi connectivity index (χ4n) is 3.41. The minimum Gasteiger partial charge on any atom is -0.437 e. The number of amides is 1. The molecule has 1 saturated heterocycles. The van der Waals surface area contributed by atoms with Gasteiger partial charge in [0.15, 0.2) is 6.29 Å². The molecular weight excluding hydrogens is 345 g/mol. The summed E-state index contributed by atoms with van der Waals surface area (Å²) < 4.78 is 11.2. The molecule has 1 amide bonds. The highest BCUT2D eigenvalue weighted by atomic mass is 16.7. The van der Waals surface area contributed by atoms with Crippen molar-refractivity contribution in [2.45, 2.75) is 38.9 Å². The van der Waals surface area contributed by atoms with Crippen molar-refractivity contribution in [3.63, 3.8) is 0 Å². The second-order valence-corrected chi connectivity index (χ2v) is 7.35. The topological polar surface area (TPSA) is 95.6 Å². The number of ether oxygens (including phenoxy) is 2. The summed E-state index contributed by atoms with van der Waals surface area (Å²) in [5.74, 6) is 0.0203. The highest BCUT2D eigenvalue weighted by Crippen LogP contribution is 2.28. The molecule has 2 heterocycles. The van der Waals surface area contributed by atoms with Gasteiger partial charge in [-0.3, -0.25) is 4.79 Å². The Balaban J connectivity index is 1.69. The van der Waals surface area contributed by atoms with Gasteiger partial charge in [-0.2, -0.15) is 0 Å². The summed E-state index contributed by atoms with van der Waals surface area (Å²) in [5.41, 5.74) is 2.05. The van der Waals surface area contributed by atoms with Gasteiger partial charge in [0.1, 0.15) is 0 Å². The van der Waals surface area contributed by atoms with Gasteiger partial charge in [-0.1, -0.05) is 32.0 Å². The zero-order chi connectivity index (χ0) is 19.4. The lowest BCUT2D eigenvalue weighted by Crippen LogP contribution is -2.53. The maximum Gasteiger partial charge on any atom is 0.374 e. The minimum atomic E-state index is -0.809. The van der Waals surface area contributed by atoms with E-state index in [1.54, 1.807) is 6.82 Å². The van der Waals surface area contributed by atoms with Gasteiger partial charge in [-0.15, -0.1) is 0 Å². The summed E-state index contributed by atoms with van der Waals surface area (Å²) in [6.45, 7) is 7.18. The van der Waals surface area contributed by atoms with Crippen LogP contribution in [0.25, 0.3) is 10.9 Å². The summed E-state index contributed by atoms with van der Waals surface area (Å²) in [7, 11) is -0.809. The van der Waals surface area contributed by atoms with E-state index in [1.807, 2.05) is 37.4 Å². The summed E-state index contributed by atoms with van der Waals surface area (Å²) in [6, 6.07) is 7.38. The predicted molar refractivity (Wildman–Crippen MR) is 105 cm³/mol. The Hall–Kier alpha value is -1.87. The number of nitrogens with one attached hydrogen (secondary N) is 3. The first-order valence-corrected chi connectivity index (χ1v) is 9.46. The van der Waals surface area contributed by atoms with Gasteiger partial charge in [-0.25, -0.2) is 0 Å². The van der Waals surface area contributed by atoms with Gasteiger partial charge in [0, 0.05) is 28.9 Å². The summed E-state index contributed by atoms with van der Waals surface area (Å²) in [4.78, 5) is 16.1. The van der Waals surface area contributed by atoms with Crippen molar-refractivity contribution < 1.29 is 19.3 Å². The number of carbonyl (C=O) groups is 1. The molecule has 0 radical (unpaired) electrons. The summed E-state index contributed by atoms with van der Waals surface area (Å²) in [6.07, 6.45) is 1.49. The van der Waals surface area contributed by atoms with Crippen LogP contribution in [0.1, 0.15) is 25.3 Å². The molecule has 1 fully saturated rings. The molecule has 8 heteroatoms. The van der Waals surface area contributed by atoms with Crippen molar-refractivity contribution >= 4 is 23.9 Å². The maximum atomic E-state index is 12.9. The molecule has 1 aliphatic rings. The van der Waals surface area contributed by atoms with E-state index < -0.39 is 19.4 Å². The largest absolute Gasteiger partial charge is 0.437 e. The average Bonchev–Trinajstić information content (AvgIpc) is 3.09. The molecule has 4 N–H and O–H groups in total. The Morgan fingerprint density at radius 2 is 2.07 bits per heavy atom. The Labute approximate surface area is 159 Å². The maximum absolute atomic E-state index is 12.9. The number of para-hydroxylation sites is 1. The second kappa shape index (κ2) is 8.88. The van der Waals surface area contributed by atoms with E-state index in [1.165, 1.54) is 0 Å². The van der Waals surface area contributed by atoms with Crippen molar-refractivity contribution in [2.75, 3.05) is 19.8 Å². The Bertz CT molecular complexity index is 758. The molecule has 0 bridgehead atoms. The molecule has 3 rings (SSSR count). The zero-order valence-electron chi connectivity index (χ0n) is 16.1. The smallest absolute Gasteiger partial charge is 0.374 e. The van der Waals surface area contributed by atoms with Crippen molar-refractivity contribution in [1.29, 1.82) is 0 Å². The van der Waals surface area contributed by atoms with Crippen LogP contribution in [0.4, 0.5) is 0 Å². The first kappa shape index (κ1) is 19.9. The Kier molecular flexibility index (Phi) is 6.54. The van der Waals surface area contributed by atoms with Gasteiger partial charge >= 0.3 is 7.05 Å². The van der Waals surface area contributed by atoms with Crippen LogP contribution in [0.5, 0.6) is 0 Å². The normalized spacial score (nSPS) is 22.4. The number of carbonyl (C=O) groups excluding carboxylic acids is 1. The highest BCUT2D eigenvalue weighted by Gasteiger charge is 2.30. The summed E-state index contributed by atoms with van der Waals surface area (Å²) in [5, 5.41) is 16.8. The van der Waals surface area contributed by atoms with Crippen LogP contribution in [0.3, 0.4) is 0 Å². The molecule has 0 aliphatic carbocycles. The first-order valence-electron chi connectivity index (χ1n) is 9.46. The van der Waals surface area contributed by atoms with Gasteiger partial charge in [-0.05, 0) is 18.5 Å². The van der Waals surface area contributed by atoms with Crippen LogP contribution in [-0.4, -0.2) is 55.1 Å². The van der Waals surface area contributed by atoms with Crippen LogP contribution < -0.4 is 10.5 Å². The third kappa shape index (κ3) is 4.90. The zero-order valence-corrected chi connectivity index (χ0v) is 16.1. The molecule has 7 nitrogen and oxygen atoms in total. The van der Waals surface area contributed by atoms with Crippen LogP contribution in [0.15, 0.2) is 30.5 Å². The lowest BCUT2D eigenvalue weighted by molar-refractivity contribution is -0.194. The second-order valence-electron chi connectivity index (χ2n) is 7.35. The van der Waals surface area contributed by atoms with Crippen LogP contribution in [-0.2, 0) is 14.3 Å². The fraction of sp³-hybridized carbons (Fsp3) is 0.526. The molecule has 27 heavy (non-hydrogen) atoms. The minimum absolute atomic E-state index is 0.149. The number of H-pyrrole nitrogens is 1. The molecule has 2 atom stereocenters. The molecule has 1 aromatic carbocycles. The van der Waals surface area contributed by atoms with Crippen molar-refractivity contribution in [3.8, 4) is 0 Å². The van der Waals surface area contributed by atoms with E-state index in [4.69, 9.17) is 9.47 Å². The van der Waals surface area contributed by atoms with Gasteiger partial charge < -0.3 is 30.0 Å². The first-order chi connectivity index (χ1) is 13.0. The van der Waals surface area contributed by atoms with Gasteiger partial charge in [0.2, 0.25) is 5.91 Å². The van der Waals surface area contributed by atoms with E-state index >= 15 is 0 Å². The average molecular weight is 373 g/mol. The van der Waals surface area contributed by atoms with Crippen molar-refractivity contribution in [1.82, 2.24) is 15.5 Å². The number of rotatable bonds is 7. The molecule has 1 aromatic heterocycles. The third-order valence-electron chi connectivity index (χ3n) is 4.89. The lowest BCUT2D eigenvalue weighted by atomic mass is 9.82. The number of aromatic amines is 1. The predicted octanol–water partition coefficient (Wildman–Crippen LogP) is 1.47. The summed E-state index contributed by atoms with van der Waals surface area (Å²) >= 11 is 0. The third-order valence-corrected chi connectivity index (χ3v) is 4.89. The molecule has 2 aromatic rings. The monoisotopic (exact) mass is 373 g/mol. The van der Waals surface area contributed by atoms with Crippen LogP contribution >= 0.6 is 0 Å². The van der Waals surface area contributed by atoms with E-state index in [-0.39, 0.29) is 18.4 Å². The fourth-order valence-corrected chi connectivity index (χ4v) is 3.41. The standard InChI is InChI=1S/C19H28BN3O4/c1-12-10-26-17(27-11-12)9-22-19(24)18(23-20(3)25)13(2)15-8-21-16-7-5-4-6-14(15)16/h4-8,12-13,17-18,21,23,25H,9-11H2,1-3H3,(H,22,24)/t12?,13-,17?,18+/m0/s1. The quantitative estimate of drug-likeness (QED) is 0.552. The number of aromatic nitrogens is 1. The molecular formula is C19H28BN3O4. The Morgan fingerprint density at radius 1 is 1.37 bits per heavy atom. The highest BCUT2D eigenvalue weighted by molar-refractivity contribution is 6.46. The molecule has 0 saturated carbocycles. The molecule has 0 spiro atoms. The van der Waals surface area contributed by atoms with E-state index in [0.29, 0.717) is 19.1 Å². The SMILES string of the molecule is CB(O)N[C@@H](C(=O)NCC1OCC(C)CO1)[C@@H](C)c1c[nH]c2ccccc12. The van der Waals surface area contributed by atoms with E-state index in [2.05, 4.69) is 22.5 Å². The molecule has 146 valence electrons. The lowest BCUT2D eigenvalue weighted by Gasteiger charge is -2.29. The van der Waals surface area contributed by atoms with Crippen LogP contribution in [0, 0.1) is 5.92 Å². The van der Waals surface area contributed by atoms with Gasteiger partial charge in [0.25, 0.3) is 0 Å². The number of fused-ring (bicyclic) bond motifs is 1. The van der Waals surface area contributed by atoms with Crippen molar-refractivity contribution in [3.05, 3.63) is 36.0 Å². The molecule has 1 aliphatic heterocycles. The van der Waals surface area contributed by atoms with Crippen molar-refractivity contribution in [2.24, 2.45) is 5.92 Å². The van der Waals surface area contributed by atoms with Gasteiger partial charge in [0.05, 0.1) is 25.8 Å². The van der Waals surface area contributed by atoms with Crippen LogP contribution in [0.2, 0.25) is 6.82 Å². The number of benzene rings is 1. The van der Waals surface area contributed by atoms with E-state index in [0.717, 1.165) is 16.5 Å². The number of hydrogen-bond acceptors (Lipinski definition) is 5. The van der Waals surface area contributed by atoms with E-state index in [9.17, 15) is 9.82 Å². The molecule has 0 unspecified atom stereocenters. The number of hydrogen-bond donors (Lipinski definition) is 4. The Morgan fingerprint density at radius 3 is 2.78 bits per heavy atom.